The highest BCUT2D eigenvalue weighted by molar-refractivity contribution is 4.95. The van der Waals surface area contributed by atoms with E-state index in [1.807, 2.05) is 0 Å². The third-order valence-corrected chi connectivity index (χ3v) is 2.64. The Balaban J connectivity index is 2.04. The van der Waals surface area contributed by atoms with Crippen LogP contribution < -0.4 is 5.32 Å². The molecule has 72 valence electrons. The fourth-order valence-electron chi connectivity index (χ4n) is 1.56. The molecule has 0 amide bonds. The van der Waals surface area contributed by atoms with Crippen molar-refractivity contribution in [1.82, 2.24) is 5.32 Å². The zero-order chi connectivity index (χ0) is 8.86. The quantitative estimate of drug-likeness (QED) is 0.576. The van der Waals surface area contributed by atoms with Crippen LogP contribution in [0.25, 0.3) is 0 Å². The van der Waals surface area contributed by atoms with Gasteiger partial charge in [0.15, 0.2) is 0 Å². The van der Waals surface area contributed by atoms with E-state index in [0.29, 0.717) is 0 Å². The van der Waals surface area contributed by atoms with Crippen LogP contribution >= 0.6 is 0 Å². The predicted octanol–water partition coefficient (Wildman–Crippen LogP) is 0.527. The van der Waals surface area contributed by atoms with Gasteiger partial charge in [-0.25, -0.2) is 0 Å². The fourth-order valence-corrected chi connectivity index (χ4v) is 1.56. The summed E-state index contributed by atoms with van der Waals surface area (Å²) in [5.74, 6) is 0. The van der Waals surface area contributed by atoms with Gasteiger partial charge in [0, 0.05) is 19.3 Å². The third kappa shape index (κ3) is 2.44. The fraction of sp³-hybridized carbons (Fsp3) is 1.00. The summed E-state index contributed by atoms with van der Waals surface area (Å²) in [6, 6.07) is 0. The molecule has 0 aliphatic heterocycles. The summed E-state index contributed by atoms with van der Waals surface area (Å²) < 4.78 is 4.94. The van der Waals surface area contributed by atoms with Gasteiger partial charge < -0.3 is 15.2 Å². The Morgan fingerprint density at radius 1 is 1.50 bits per heavy atom. The first-order valence-electron chi connectivity index (χ1n) is 4.68. The van der Waals surface area contributed by atoms with Crippen LogP contribution in [-0.2, 0) is 4.74 Å². The van der Waals surface area contributed by atoms with Gasteiger partial charge in [-0.15, -0.1) is 0 Å². The first kappa shape index (κ1) is 9.96. The number of hydrogen-bond acceptors (Lipinski definition) is 3. The third-order valence-electron chi connectivity index (χ3n) is 2.64. The summed E-state index contributed by atoms with van der Waals surface area (Å²) in [5.41, 5.74) is 0.0632. The molecule has 0 radical (unpaired) electrons. The van der Waals surface area contributed by atoms with Gasteiger partial charge in [0.2, 0.25) is 0 Å². The monoisotopic (exact) mass is 173 g/mol. The van der Waals surface area contributed by atoms with Crippen molar-refractivity contribution >= 4 is 0 Å². The first-order valence-corrected chi connectivity index (χ1v) is 4.68. The lowest BCUT2D eigenvalue weighted by molar-refractivity contribution is 0.0855. The summed E-state index contributed by atoms with van der Waals surface area (Å²) in [6.45, 7) is 2.03. The number of rotatable bonds is 6. The van der Waals surface area contributed by atoms with E-state index in [4.69, 9.17) is 9.84 Å². The molecule has 0 heterocycles. The molecule has 0 aromatic rings. The zero-order valence-corrected chi connectivity index (χ0v) is 7.81. The predicted molar refractivity (Wildman–Crippen MR) is 48.2 cm³/mol. The number of aliphatic hydroxyl groups is 1. The average Bonchev–Trinajstić information content (AvgIpc) is 2.02. The minimum atomic E-state index is 0.0632. The molecule has 1 fully saturated rings. The van der Waals surface area contributed by atoms with E-state index in [0.717, 1.165) is 32.4 Å². The highest BCUT2D eigenvalue weighted by Gasteiger charge is 2.35. The van der Waals surface area contributed by atoms with Gasteiger partial charge in [0.05, 0.1) is 6.61 Å². The van der Waals surface area contributed by atoms with E-state index in [1.165, 1.54) is 6.42 Å². The molecule has 0 saturated heterocycles. The number of nitrogens with one attached hydrogen (secondary N) is 1. The van der Waals surface area contributed by atoms with Crippen molar-refractivity contribution in [3.63, 3.8) is 0 Å². The standard InChI is InChI=1S/C9H19NO2/c1-12-7-3-6-10-9(8-11)4-2-5-9/h10-11H,2-8H2,1H3. The maximum absolute atomic E-state index is 9.10. The van der Waals surface area contributed by atoms with Gasteiger partial charge in [-0.2, -0.15) is 0 Å². The van der Waals surface area contributed by atoms with Crippen molar-refractivity contribution in [2.75, 3.05) is 26.9 Å². The molecule has 1 aliphatic rings. The van der Waals surface area contributed by atoms with Crippen LogP contribution in [0.3, 0.4) is 0 Å². The number of aliphatic hydroxyl groups excluding tert-OH is 1. The minimum Gasteiger partial charge on any atom is -0.394 e. The lowest BCUT2D eigenvalue weighted by atomic mass is 9.77. The van der Waals surface area contributed by atoms with Crippen molar-refractivity contribution in [2.45, 2.75) is 31.2 Å². The van der Waals surface area contributed by atoms with Crippen LogP contribution in [0, 0.1) is 0 Å². The number of ether oxygens (including phenoxy) is 1. The number of methoxy groups -OCH3 is 1. The molecular formula is C9H19NO2. The van der Waals surface area contributed by atoms with Gasteiger partial charge in [-0.3, -0.25) is 0 Å². The first-order chi connectivity index (χ1) is 5.83. The van der Waals surface area contributed by atoms with E-state index in [-0.39, 0.29) is 12.1 Å². The summed E-state index contributed by atoms with van der Waals surface area (Å²) in [4.78, 5) is 0. The Morgan fingerprint density at radius 3 is 2.67 bits per heavy atom. The normalized spacial score (nSPS) is 20.5. The maximum atomic E-state index is 9.10. The maximum Gasteiger partial charge on any atom is 0.0613 e. The van der Waals surface area contributed by atoms with Crippen LogP contribution in [0.1, 0.15) is 25.7 Å². The Morgan fingerprint density at radius 2 is 2.25 bits per heavy atom. The van der Waals surface area contributed by atoms with Crippen molar-refractivity contribution < 1.29 is 9.84 Å². The van der Waals surface area contributed by atoms with Gasteiger partial charge in [0.25, 0.3) is 0 Å². The van der Waals surface area contributed by atoms with Gasteiger partial charge in [-0.1, -0.05) is 0 Å². The summed E-state index contributed by atoms with van der Waals surface area (Å²) >= 11 is 0. The molecule has 0 unspecified atom stereocenters. The van der Waals surface area contributed by atoms with Crippen LogP contribution in [0.15, 0.2) is 0 Å². The molecular weight excluding hydrogens is 154 g/mol. The Labute approximate surface area is 74.1 Å². The second-order valence-corrected chi connectivity index (χ2v) is 3.57. The van der Waals surface area contributed by atoms with Gasteiger partial charge >= 0.3 is 0 Å². The van der Waals surface area contributed by atoms with Crippen molar-refractivity contribution in [3.05, 3.63) is 0 Å². The minimum absolute atomic E-state index is 0.0632. The smallest absolute Gasteiger partial charge is 0.0613 e. The lowest BCUT2D eigenvalue weighted by Gasteiger charge is -2.41. The van der Waals surface area contributed by atoms with E-state index < -0.39 is 0 Å². The summed E-state index contributed by atoms with van der Waals surface area (Å²) in [6.07, 6.45) is 4.52. The van der Waals surface area contributed by atoms with E-state index >= 15 is 0 Å². The average molecular weight is 173 g/mol. The summed E-state index contributed by atoms with van der Waals surface area (Å²) in [5, 5.41) is 12.5. The van der Waals surface area contributed by atoms with Crippen LogP contribution in [0.4, 0.5) is 0 Å². The van der Waals surface area contributed by atoms with Crippen LogP contribution in [0.5, 0.6) is 0 Å². The molecule has 1 saturated carbocycles. The molecule has 0 aromatic carbocycles. The molecule has 0 bridgehead atoms. The lowest BCUT2D eigenvalue weighted by Crippen LogP contribution is -2.54. The topological polar surface area (TPSA) is 41.5 Å². The molecule has 0 aromatic heterocycles. The molecule has 2 N–H and O–H groups in total. The zero-order valence-electron chi connectivity index (χ0n) is 7.81. The van der Waals surface area contributed by atoms with E-state index in [2.05, 4.69) is 5.32 Å². The largest absolute Gasteiger partial charge is 0.394 e. The van der Waals surface area contributed by atoms with Crippen molar-refractivity contribution in [2.24, 2.45) is 0 Å². The van der Waals surface area contributed by atoms with E-state index in [9.17, 15) is 0 Å². The molecule has 12 heavy (non-hydrogen) atoms. The SMILES string of the molecule is COCCCNC1(CO)CCC1. The van der Waals surface area contributed by atoms with Crippen molar-refractivity contribution in [1.29, 1.82) is 0 Å². The highest BCUT2D eigenvalue weighted by Crippen LogP contribution is 2.30. The Kier molecular flexibility index (Phi) is 3.98. The Bertz CT molecular complexity index is 118. The van der Waals surface area contributed by atoms with E-state index in [1.54, 1.807) is 7.11 Å². The molecule has 0 atom stereocenters. The second kappa shape index (κ2) is 4.80. The van der Waals surface area contributed by atoms with Crippen LogP contribution in [-0.4, -0.2) is 37.5 Å². The Hall–Kier alpha value is -0.120. The van der Waals surface area contributed by atoms with Gasteiger partial charge in [0.1, 0.15) is 0 Å². The highest BCUT2D eigenvalue weighted by atomic mass is 16.5. The number of hydrogen-bond donors (Lipinski definition) is 2. The second-order valence-electron chi connectivity index (χ2n) is 3.57. The molecule has 1 aliphatic carbocycles. The molecule has 3 heteroatoms. The molecule has 1 rings (SSSR count). The van der Waals surface area contributed by atoms with Gasteiger partial charge in [-0.05, 0) is 32.2 Å². The van der Waals surface area contributed by atoms with Crippen LogP contribution in [0.2, 0.25) is 0 Å². The molecule has 3 nitrogen and oxygen atoms in total. The molecule has 0 spiro atoms. The summed E-state index contributed by atoms with van der Waals surface area (Å²) in [7, 11) is 1.71. The van der Waals surface area contributed by atoms with Crippen molar-refractivity contribution in [3.8, 4) is 0 Å².